The number of hydrogen-bond acceptors (Lipinski definition) is 6. The number of hydrogen-bond donors (Lipinski definition) is 1. The Hall–Kier alpha value is -3.28. The Morgan fingerprint density at radius 3 is 2.24 bits per heavy atom. The Bertz CT molecular complexity index is 830. The van der Waals surface area contributed by atoms with E-state index in [1.54, 1.807) is 48.5 Å². The van der Waals surface area contributed by atoms with Gasteiger partial charge in [0.1, 0.15) is 17.1 Å². The number of nitrogen functional groups attached to an aromatic ring is 1. The smallest absolute Gasteiger partial charge is 0.348 e. The molecule has 1 aliphatic heterocycles. The topological polar surface area (TPSA) is 87.9 Å². The third-order valence-corrected chi connectivity index (χ3v) is 3.40. The molecule has 128 valence electrons. The first-order chi connectivity index (χ1) is 11.8. The van der Waals surface area contributed by atoms with Crippen molar-refractivity contribution in [3.63, 3.8) is 0 Å². The summed E-state index contributed by atoms with van der Waals surface area (Å²) in [7, 11) is 0. The van der Waals surface area contributed by atoms with Crippen molar-refractivity contribution in [3.05, 3.63) is 59.7 Å². The molecule has 0 saturated carbocycles. The Kier molecular flexibility index (Phi) is 4.19. The fraction of sp³-hybridized carbons (Fsp3) is 0.158. The molecule has 1 saturated heterocycles. The zero-order valence-electron chi connectivity index (χ0n) is 13.8. The zero-order chi connectivity index (χ0) is 18.0. The van der Waals surface area contributed by atoms with Crippen LogP contribution in [0.2, 0.25) is 0 Å². The van der Waals surface area contributed by atoms with Crippen LogP contribution in [0.4, 0.5) is 5.69 Å². The molecule has 0 bridgehead atoms. The number of carbonyl (C=O) groups excluding carboxylic acids is 2. The molecule has 2 aromatic rings. The van der Waals surface area contributed by atoms with Crippen LogP contribution in [0.3, 0.4) is 0 Å². The minimum atomic E-state index is -1.26. The van der Waals surface area contributed by atoms with Crippen molar-refractivity contribution in [1.29, 1.82) is 0 Å². The van der Waals surface area contributed by atoms with E-state index in [0.29, 0.717) is 22.7 Å². The molecule has 0 atom stereocenters. The van der Waals surface area contributed by atoms with Crippen LogP contribution in [0.1, 0.15) is 19.4 Å². The highest BCUT2D eigenvalue weighted by Crippen LogP contribution is 2.27. The van der Waals surface area contributed by atoms with E-state index in [2.05, 4.69) is 0 Å². The van der Waals surface area contributed by atoms with Crippen LogP contribution in [-0.4, -0.2) is 17.7 Å². The number of benzene rings is 2. The van der Waals surface area contributed by atoms with Gasteiger partial charge in [0.05, 0.1) is 0 Å². The second-order valence-electron chi connectivity index (χ2n) is 5.98. The molecule has 0 unspecified atom stereocenters. The molecule has 2 N–H and O–H groups in total. The van der Waals surface area contributed by atoms with Crippen LogP contribution in [0, 0.1) is 0 Å². The van der Waals surface area contributed by atoms with E-state index in [0.717, 1.165) is 0 Å². The molecule has 0 amide bonds. The summed E-state index contributed by atoms with van der Waals surface area (Å²) in [5.41, 5.74) is 6.73. The highest BCUT2D eigenvalue weighted by molar-refractivity contribution is 6.18. The maximum absolute atomic E-state index is 12.0. The zero-order valence-corrected chi connectivity index (χ0v) is 13.8. The predicted octanol–water partition coefficient (Wildman–Crippen LogP) is 3.28. The first kappa shape index (κ1) is 16.6. The van der Waals surface area contributed by atoms with Crippen molar-refractivity contribution in [2.75, 3.05) is 5.73 Å². The molecular weight excluding hydrogens is 322 g/mol. The summed E-state index contributed by atoms with van der Waals surface area (Å²) in [4.78, 5) is 24.0. The van der Waals surface area contributed by atoms with Crippen LogP contribution >= 0.6 is 0 Å². The van der Waals surface area contributed by atoms with Crippen molar-refractivity contribution in [2.24, 2.45) is 0 Å². The fourth-order valence-corrected chi connectivity index (χ4v) is 2.28. The highest BCUT2D eigenvalue weighted by atomic mass is 16.7. The molecule has 2 aromatic carbocycles. The molecule has 0 radical (unpaired) electrons. The van der Waals surface area contributed by atoms with Crippen LogP contribution in [0.5, 0.6) is 11.5 Å². The van der Waals surface area contributed by atoms with Gasteiger partial charge in [-0.3, -0.25) is 0 Å². The van der Waals surface area contributed by atoms with Gasteiger partial charge in [-0.25, -0.2) is 9.59 Å². The van der Waals surface area contributed by atoms with Gasteiger partial charge in [0.25, 0.3) is 5.79 Å². The lowest BCUT2D eigenvalue weighted by molar-refractivity contribution is -0.222. The number of cyclic esters (lactones) is 2. The predicted molar refractivity (Wildman–Crippen MR) is 91.6 cm³/mol. The molecule has 6 nitrogen and oxygen atoms in total. The van der Waals surface area contributed by atoms with Gasteiger partial charge in [-0.1, -0.05) is 12.1 Å². The quantitative estimate of drug-likeness (QED) is 0.400. The van der Waals surface area contributed by atoms with Gasteiger partial charge in [0.2, 0.25) is 0 Å². The summed E-state index contributed by atoms with van der Waals surface area (Å²) in [5.74, 6) is -1.52. The molecule has 0 aliphatic carbocycles. The van der Waals surface area contributed by atoms with Crippen molar-refractivity contribution < 1.29 is 23.8 Å². The number of esters is 2. The molecule has 6 heteroatoms. The standard InChI is InChI=1S/C19H17NO5/c1-19(2)24-17(21)16(18(22)25-19)11-12-4-3-5-15(10-12)23-14-8-6-13(20)7-9-14/h3-11H,20H2,1-2H3. The molecule has 0 aromatic heterocycles. The normalized spacial score (nSPS) is 16.0. The highest BCUT2D eigenvalue weighted by Gasteiger charge is 2.38. The lowest BCUT2D eigenvalue weighted by Gasteiger charge is -2.29. The lowest BCUT2D eigenvalue weighted by Crippen LogP contribution is -2.41. The van der Waals surface area contributed by atoms with Crippen molar-refractivity contribution in [3.8, 4) is 11.5 Å². The maximum Gasteiger partial charge on any atom is 0.348 e. The largest absolute Gasteiger partial charge is 0.457 e. The summed E-state index contributed by atoms with van der Waals surface area (Å²) >= 11 is 0. The van der Waals surface area contributed by atoms with Crippen LogP contribution in [0.25, 0.3) is 6.08 Å². The minimum Gasteiger partial charge on any atom is -0.457 e. The maximum atomic E-state index is 12.0. The SMILES string of the molecule is CC1(C)OC(=O)C(=Cc2cccc(Oc3ccc(N)cc3)c2)C(=O)O1. The Morgan fingerprint density at radius 2 is 1.60 bits per heavy atom. The average Bonchev–Trinajstić information content (AvgIpc) is 2.53. The molecule has 1 aliphatic rings. The van der Waals surface area contributed by atoms with E-state index in [4.69, 9.17) is 19.9 Å². The fourth-order valence-electron chi connectivity index (χ4n) is 2.28. The Morgan fingerprint density at radius 1 is 0.960 bits per heavy atom. The summed E-state index contributed by atoms with van der Waals surface area (Å²) < 4.78 is 15.9. The molecular formula is C19H17NO5. The lowest BCUT2D eigenvalue weighted by atomic mass is 10.1. The van der Waals surface area contributed by atoms with Gasteiger partial charge < -0.3 is 19.9 Å². The van der Waals surface area contributed by atoms with Gasteiger partial charge in [-0.2, -0.15) is 0 Å². The number of anilines is 1. The third kappa shape index (κ3) is 3.98. The number of ether oxygens (including phenoxy) is 3. The second kappa shape index (κ2) is 6.32. The molecule has 0 spiro atoms. The Labute approximate surface area is 144 Å². The minimum absolute atomic E-state index is 0.163. The van der Waals surface area contributed by atoms with Crippen molar-refractivity contribution in [2.45, 2.75) is 19.6 Å². The summed E-state index contributed by atoms with van der Waals surface area (Å²) in [5, 5.41) is 0. The molecule has 3 rings (SSSR count). The molecule has 1 fully saturated rings. The second-order valence-corrected chi connectivity index (χ2v) is 5.98. The van der Waals surface area contributed by atoms with Gasteiger partial charge in [-0.15, -0.1) is 0 Å². The van der Waals surface area contributed by atoms with E-state index < -0.39 is 17.7 Å². The summed E-state index contributed by atoms with van der Waals surface area (Å²) in [6.45, 7) is 3.00. The van der Waals surface area contributed by atoms with E-state index in [1.807, 2.05) is 0 Å². The van der Waals surface area contributed by atoms with E-state index in [9.17, 15) is 9.59 Å². The van der Waals surface area contributed by atoms with Crippen LogP contribution in [0.15, 0.2) is 54.1 Å². The van der Waals surface area contributed by atoms with Gasteiger partial charge in [0, 0.05) is 19.5 Å². The number of carbonyl (C=O) groups is 2. The third-order valence-electron chi connectivity index (χ3n) is 3.40. The summed E-state index contributed by atoms with van der Waals surface area (Å²) in [6, 6.07) is 13.9. The number of nitrogens with two attached hydrogens (primary N) is 1. The first-order valence-electron chi connectivity index (χ1n) is 7.64. The number of rotatable bonds is 3. The molecule has 1 heterocycles. The summed E-state index contributed by atoms with van der Waals surface area (Å²) in [6.07, 6.45) is 1.41. The van der Waals surface area contributed by atoms with Gasteiger partial charge >= 0.3 is 11.9 Å². The van der Waals surface area contributed by atoms with E-state index in [-0.39, 0.29) is 5.57 Å². The van der Waals surface area contributed by atoms with E-state index >= 15 is 0 Å². The van der Waals surface area contributed by atoms with Crippen LogP contribution < -0.4 is 10.5 Å². The van der Waals surface area contributed by atoms with Crippen molar-refractivity contribution >= 4 is 23.7 Å². The molecule has 25 heavy (non-hydrogen) atoms. The van der Waals surface area contributed by atoms with E-state index in [1.165, 1.54) is 19.9 Å². The van der Waals surface area contributed by atoms with Crippen LogP contribution in [-0.2, 0) is 19.1 Å². The van der Waals surface area contributed by atoms with Crippen molar-refractivity contribution in [1.82, 2.24) is 0 Å². The Balaban J connectivity index is 1.83. The first-order valence-corrected chi connectivity index (χ1v) is 7.64. The van der Waals surface area contributed by atoms with Gasteiger partial charge in [0.15, 0.2) is 0 Å². The van der Waals surface area contributed by atoms with Gasteiger partial charge in [-0.05, 0) is 48.0 Å². The monoisotopic (exact) mass is 339 g/mol. The average molecular weight is 339 g/mol.